The highest BCUT2D eigenvalue weighted by Gasteiger charge is 2.54. The first kappa shape index (κ1) is 11.2. The molecule has 3 saturated heterocycles. The van der Waals surface area contributed by atoms with Gasteiger partial charge in [-0.05, 0) is 44.2 Å². The highest BCUT2D eigenvalue weighted by Crippen LogP contribution is 2.47. The first-order valence-corrected chi connectivity index (χ1v) is 7.55. The summed E-state index contributed by atoms with van der Waals surface area (Å²) >= 11 is 0. The van der Waals surface area contributed by atoms with E-state index in [1.54, 1.807) is 0 Å². The van der Waals surface area contributed by atoms with Crippen LogP contribution in [0.5, 0.6) is 0 Å². The van der Waals surface area contributed by atoms with E-state index >= 15 is 0 Å². The van der Waals surface area contributed by atoms with Crippen molar-refractivity contribution in [3.8, 4) is 0 Å². The van der Waals surface area contributed by atoms with Crippen molar-refractivity contribution in [3.63, 3.8) is 0 Å². The topological polar surface area (TPSA) is 36.9 Å². The summed E-state index contributed by atoms with van der Waals surface area (Å²) < 4.78 is 0. The fourth-order valence-corrected chi connectivity index (χ4v) is 4.70. The van der Waals surface area contributed by atoms with E-state index in [-0.39, 0.29) is 0 Å². The van der Waals surface area contributed by atoms with Gasteiger partial charge in [-0.15, -0.1) is 0 Å². The van der Waals surface area contributed by atoms with Crippen molar-refractivity contribution in [2.75, 3.05) is 19.6 Å². The van der Waals surface area contributed by atoms with E-state index in [0.29, 0.717) is 6.10 Å². The quantitative estimate of drug-likeness (QED) is 0.817. The number of hydrogen-bond acceptors (Lipinski definition) is 4. The monoisotopic (exact) mass is 249 g/mol. The molecule has 0 unspecified atom stereocenters. The Labute approximate surface area is 109 Å². The number of nitrogens with zero attached hydrogens (tertiary/aromatic N) is 2. The highest BCUT2D eigenvalue weighted by atomic mass is 16.6. The van der Waals surface area contributed by atoms with Crippen molar-refractivity contribution < 1.29 is 4.84 Å². The second kappa shape index (κ2) is 4.20. The maximum absolute atomic E-state index is 5.60. The van der Waals surface area contributed by atoms with Gasteiger partial charge in [-0.1, -0.05) is 12.1 Å². The molecule has 0 saturated carbocycles. The van der Waals surface area contributed by atoms with Crippen LogP contribution in [0.15, 0.2) is 5.16 Å². The van der Waals surface area contributed by atoms with Crippen molar-refractivity contribution in [2.24, 2.45) is 17.0 Å². The Morgan fingerprint density at radius 3 is 2.61 bits per heavy atom. The zero-order chi connectivity index (χ0) is 12.1. The molecule has 4 aliphatic rings. The summed E-state index contributed by atoms with van der Waals surface area (Å²) in [6.07, 6.45) is 5.23. The number of oxime groups is 1. The maximum atomic E-state index is 5.60. The van der Waals surface area contributed by atoms with Gasteiger partial charge in [0.1, 0.15) is 6.10 Å². The molecule has 0 aliphatic carbocycles. The van der Waals surface area contributed by atoms with Crippen LogP contribution in [0.3, 0.4) is 0 Å². The fourth-order valence-electron chi connectivity index (χ4n) is 4.70. The van der Waals surface area contributed by atoms with Crippen LogP contribution >= 0.6 is 0 Å². The molecule has 1 N–H and O–H groups in total. The maximum Gasteiger partial charge on any atom is 0.145 e. The third-order valence-electron chi connectivity index (χ3n) is 5.53. The van der Waals surface area contributed by atoms with Gasteiger partial charge >= 0.3 is 0 Å². The summed E-state index contributed by atoms with van der Waals surface area (Å²) in [5.41, 5.74) is 1.24. The molecular weight excluding hydrogens is 226 g/mol. The zero-order valence-electron chi connectivity index (χ0n) is 11.1. The Bertz CT molecular complexity index is 352. The number of nitrogens with one attached hydrogen (secondary N) is 1. The van der Waals surface area contributed by atoms with Crippen molar-refractivity contribution in [1.29, 1.82) is 0 Å². The van der Waals surface area contributed by atoms with Gasteiger partial charge in [-0.2, -0.15) is 0 Å². The standard InChI is InChI=1S/C14H23N3O/c1-2-9-5-10(18-16-9)8-17-13-3-4-14(17)12-7-15-6-11(12)13/h10-15H,2-8H2,1H3/t10-,11-,12+,13-,14+/m0/s1. The van der Waals surface area contributed by atoms with Crippen LogP contribution in [0.1, 0.15) is 32.6 Å². The van der Waals surface area contributed by atoms with Crippen molar-refractivity contribution >= 4 is 5.71 Å². The molecule has 0 spiro atoms. The van der Waals surface area contributed by atoms with Crippen molar-refractivity contribution in [1.82, 2.24) is 10.2 Å². The van der Waals surface area contributed by atoms with Gasteiger partial charge in [0, 0.05) is 25.0 Å². The van der Waals surface area contributed by atoms with Gasteiger partial charge in [-0.25, -0.2) is 0 Å². The molecule has 0 amide bonds. The lowest BCUT2D eigenvalue weighted by molar-refractivity contribution is 0.0442. The highest BCUT2D eigenvalue weighted by molar-refractivity contribution is 5.85. The van der Waals surface area contributed by atoms with Crippen LogP contribution in [0.25, 0.3) is 0 Å². The largest absolute Gasteiger partial charge is 0.391 e. The average molecular weight is 249 g/mol. The van der Waals surface area contributed by atoms with Crippen LogP contribution < -0.4 is 5.32 Å². The smallest absolute Gasteiger partial charge is 0.145 e. The molecule has 0 aromatic carbocycles. The van der Waals surface area contributed by atoms with Gasteiger partial charge in [0.2, 0.25) is 0 Å². The van der Waals surface area contributed by atoms with Crippen LogP contribution in [-0.2, 0) is 4.84 Å². The predicted molar refractivity (Wildman–Crippen MR) is 70.6 cm³/mol. The summed E-state index contributed by atoms with van der Waals surface area (Å²) in [4.78, 5) is 8.35. The Morgan fingerprint density at radius 1 is 1.28 bits per heavy atom. The number of rotatable bonds is 3. The van der Waals surface area contributed by atoms with Gasteiger partial charge in [0.05, 0.1) is 5.71 Å². The Balaban J connectivity index is 1.42. The van der Waals surface area contributed by atoms with E-state index in [0.717, 1.165) is 43.3 Å². The molecule has 18 heavy (non-hydrogen) atoms. The van der Waals surface area contributed by atoms with Gasteiger partial charge in [0.15, 0.2) is 0 Å². The minimum absolute atomic E-state index is 0.329. The molecule has 0 radical (unpaired) electrons. The van der Waals surface area contributed by atoms with Crippen LogP contribution in [-0.4, -0.2) is 48.4 Å². The molecule has 3 fully saturated rings. The minimum atomic E-state index is 0.329. The second-order valence-electron chi connectivity index (χ2n) is 6.34. The molecule has 2 bridgehead atoms. The molecular formula is C14H23N3O. The predicted octanol–water partition coefficient (Wildman–Crippen LogP) is 1.22. The third kappa shape index (κ3) is 1.55. The summed E-state index contributed by atoms with van der Waals surface area (Å²) in [5, 5.41) is 7.77. The molecule has 0 aromatic heterocycles. The summed E-state index contributed by atoms with van der Waals surface area (Å²) in [6, 6.07) is 1.65. The van der Waals surface area contributed by atoms with E-state index in [9.17, 15) is 0 Å². The number of hydrogen-bond donors (Lipinski definition) is 1. The van der Waals surface area contributed by atoms with Crippen LogP contribution in [0.4, 0.5) is 0 Å². The molecule has 4 rings (SSSR count). The Kier molecular flexibility index (Phi) is 2.62. The Hall–Kier alpha value is -0.610. The van der Waals surface area contributed by atoms with E-state index < -0.39 is 0 Å². The van der Waals surface area contributed by atoms with Crippen molar-refractivity contribution in [3.05, 3.63) is 0 Å². The lowest BCUT2D eigenvalue weighted by Gasteiger charge is -2.26. The molecule has 4 heteroatoms. The second-order valence-corrected chi connectivity index (χ2v) is 6.34. The van der Waals surface area contributed by atoms with Crippen LogP contribution in [0.2, 0.25) is 0 Å². The normalized spacial score (nSPS) is 46.3. The molecule has 5 atom stereocenters. The SMILES string of the molecule is CCC1=NO[C@H](CN2[C@@H]3CC[C@H]2[C@H]2CNC[C@H]23)C1. The van der Waals surface area contributed by atoms with E-state index in [2.05, 4.69) is 22.3 Å². The minimum Gasteiger partial charge on any atom is -0.391 e. The zero-order valence-corrected chi connectivity index (χ0v) is 11.1. The summed E-state index contributed by atoms with van der Waals surface area (Å²) in [6.45, 7) is 5.75. The van der Waals surface area contributed by atoms with E-state index in [4.69, 9.17) is 4.84 Å². The molecule has 4 nitrogen and oxygen atoms in total. The summed E-state index contributed by atoms with van der Waals surface area (Å²) in [7, 11) is 0. The average Bonchev–Trinajstić information content (AvgIpc) is 3.10. The molecule has 4 aliphatic heterocycles. The Morgan fingerprint density at radius 2 is 2.00 bits per heavy atom. The van der Waals surface area contributed by atoms with Gasteiger partial charge < -0.3 is 10.2 Å². The molecule has 100 valence electrons. The molecule has 4 heterocycles. The lowest BCUT2D eigenvalue weighted by atomic mass is 9.82. The third-order valence-corrected chi connectivity index (χ3v) is 5.53. The van der Waals surface area contributed by atoms with Gasteiger partial charge in [-0.3, -0.25) is 4.90 Å². The first-order chi connectivity index (χ1) is 8.86. The first-order valence-electron chi connectivity index (χ1n) is 7.55. The fraction of sp³-hybridized carbons (Fsp3) is 0.929. The van der Waals surface area contributed by atoms with Crippen molar-refractivity contribution in [2.45, 2.75) is 50.8 Å². The number of fused-ring (bicyclic) bond motifs is 5. The molecule has 0 aromatic rings. The van der Waals surface area contributed by atoms with Gasteiger partial charge in [0.25, 0.3) is 0 Å². The lowest BCUT2D eigenvalue weighted by Crippen LogP contribution is -2.39. The van der Waals surface area contributed by atoms with E-state index in [1.807, 2.05) is 0 Å². The van der Waals surface area contributed by atoms with E-state index in [1.165, 1.54) is 31.6 Å². The van der Waals surface area contributed by atoms with Crippen LogP contribution in [0, 0.1) is 11.8 Å². The summed E-state index contributed by atoms with van der Waals surface area (Å²) in [5.74, 6) is 1.83.